The first-order valence-electron chi connectivity index (χ1n) is 3.26. The van der Waals surface area contributed by atoms with Crippen LogP contribution in [-0.4, -0.2) is 12.1 Å². The summed E-state index contributed by atoms with van der Waals surface area (Å²) in [5, 5.41) is 0.564. The van der Waals surface area contributed by atoms with Gasteiger partial charge in [-0.05, 0) is 12.1 Å². The Hall–Kier alpha value is -0.360. The fraction of sp³-hybridized carbons (Fsp3) is 0.571. The Morgan fingerprint density at radius 2 is 2.20 bits per heavy atom. The SMILES string of the molecule is C=C(PCC(C)C)C(N)=O. The van der Waals surface area contributed by atoms with Gasteiger partial charge in [-0.2, -0.15) is 0 Å². The zero-order valence-electron chi connectivity index (χ0n) is 6.48. The van der Waals surface area contributed by atoms with Crippen molar-refractivity contribution in [1.82, 2.24) is 0 Å². The molecule has 1 atom stereocenters. The molecule has 2 nitrogen and oxygen atoms in total. The van der Waals surface area contributed by atoms with Gasteiger partial charge in [-0.3, -0.25) is 4.79 Å². The summed E-state index contributed by atoms with van der Waals surface area (Å²) in [5.41, 5.74) is 4.99. The Morgan fingerprint density at radius 1 is 1.70 bits per heavy atom. The van der Waals surface area contributed by atoms with Gasteiger partial charge < -0.3 is 5.73 Å². The molecule has 0 aliphatic heterocycles. The second-order valence-electron chi connectivity index (χ2n) is 2.62. The number of carbonyl (C=O) groups excluding carboxylic acids is 1. The van der Waals surface area contributed by atoms with Gasteiger partial charge in [0.05, 0.1) is 0 Å². The molecule has 0 radical (unpaired) electrons. The maximum absolute atomic E-state index is 10.4. The summed E-state index contributed by atoms with van der Waals surface area (Å²) in [6, 6.07) is 0. The Balaban J connectivity index is 3.50. The molecule has 0 saturated carbocycles. The molecule has 10 heavy (non-hydrogen) atoms. The van der Waals surface area contributed by atoms with E-state index in [4.69, 9.17) is 5.73 Å². The van der Waals surface area contributed by atoms with Crippen LogP contribution in [0.4, 0.5) is 0 Å². The third-order valence-electron chi connectivity index (χ3n) is 1.02. The number of nitrogens with two attached hydrogens (primary N) is 1. The van der Waals surface area contributed by atoms with Gasteiger partial charge in [-0.1, -0.05) is 29.0 Å². The number of hydrogen-bond donors (Lipinski definition) is 1. The smallest absolute Gasteiger partial charge is 0.248 e. The highest BCUT2D eigenvalue weighted by Crippen LogP contribution is 2.23. The summed E-state index contributed by atoms with van der Waals surface area (Å²) < 4.78 is 0. The molecule has 0 aliphatic rings. The van der Waals surface area contributed by atoms with Crippen molar-refractivity contribution in [1.29, 1.82) is 0 Å². The Bertz CT molecular complexity index is 143. The van der Waals surface area contributed by atoms with Crippen LogP contribution >= 0.6 is 8.58 Å². The Morgan fingerprint density at radius 3 is 2.50 bits per heavy atom. The number of carbonyl (C=O) groups is 1. The van der Waals surface area contributed by atoms with E-state index in [1.54, 1.807) is 0 Å². The van der Waals surface area contributed by atoms with Crippen LogP contribution < -0.4 is 5.73 Å². The van der Waals surface area contributed by atoms with E-state index in [1.807, 2.05) is 0 Å². The van der Waals surface area contributed by atoms with Crippen molar-refractivity contribution in [2.45, 2.75) is 13.8 Å². The van der Waals surface area contributed by atoms with Gasteiger partial charge in [-0.25, -0.2) is 0 Å². The molecule has 0 aromatic rings. The lowest BCUT2D eigenvalue weighted by Crippen LogP contribution is -2.10. The zero-order valence-corrected chi connectivity index (χ0v) is 7.48. The van der Waals surface area contributed by atoms with E-state index >= 15 is 0 Å². The van der Waals surface area contributed by atoms with Crippen molar-refractivity contribution in [3.63, 3.8) is 0 Å². The molecule has 0 aromatic carbocycles. The van der Waals surface area contributed by atoms with Gasteiger partial charge in [0, 0.05) is 5.31 Å². The molecule has 58 valence electrons. The predicted octanol–water partition coefficient (Wildman–Crippen LogP) is 1.32. The van der Waals surface area contributed by atoms with E-state index < -0.39 is 0 Å². The van der Waals surface area contributed by atoms with Gasteiger partial charge in [-0.15, -0.1) is 0 Å². The van der Waals surface area contributed by atoms with Crippen molar-refractivity contribution < 1.29 is 4.79 Å². The molecule has 0 rings (SSSR count). The fourth-order valence-electron chi connectivity index (χ4n) is 0.414. The van der Waals surface area contributed by atoms with Crippen LogP contribution in [0, 0.1) is 5.92 Å². The van der Waals surface area contributed by atoms with Gasteiger partial charge in [0.25, 0.3) is 0 Å². The minimum Gasteiger partial charge on any atom is -0.366 e. The number of rotatable bonds is 4. The van der Waals surface area contributed by atoms with Crippen molar-refractivity contribution >= 4 is 14.5 Å². The van der Waals surface area contributed by atoms with Crippen molar-refractivity contribution in [3.05, 3.63) is 11.9 Å². The molecule has 3 heteroatoms. The lowest BCUT2D eigenvalue weighted by Gasteiger charge is -2.03. The lowest BCUT2D eigenvalue weighted by atomic mass is 10.3. The highest BCUT2D eigenvalue weighted by Gasteiger charge is 2.01. The highest BCUT2D eigenvalue weighted by atomic mass is 31.1. The summed E-state index contributed by atoms with van der Waals surface area (Å²) in [7, 11) is 0.498. The third kappa shape index (κ3) is 4.51. The summed E-state index contributed by atoms with van der Waals surface area (Å²) >= 11 is 0. The Kier molecular flexibility index (Phi) is 4.29. The van der Waals surface area contributed by atoms with Crippen LogP contribution in [0.25, 0.3) is 0 Å². The average Bonchev–Trinajstić information content (AvgIpc) is 1.82. The molecule has 1 unspecified atom stereocenters. The second-order valence-corrected chi connectivity index (χ2v) is 3.98. The first-order valence-corrected chi connectivity index (χ1v) is 4.47. The van der Waals surface area contributed by atoms with Crippen molar-refractivity contribution in [2.24, 2.45) is 11.7 Å². The van der Waals surface area contributed by atoms with Crippen LogP contribution in [0.15, 0.2) is 11.9 Å². The van der Waals surface area contributed by atoms with Gasteiger partial charge in [0.1, 0.15) is 0 Å². The van der Waals surface area contributed by atoms with Gasteiger partial charge in [0.15, 0.2) is 0 Å². The lowest BCUT2D eigenvalue weighted by molar-refractivity contribution is -0.113. The predicted molar refractivity (Wildman–Crippen MR) is 46.4 cm³/mol. The standard InChI is InChI=1S/C7H14NOP/c1-5(2)4-10-6(3)7(8)9/h5,10H,3-4H2,1-2H3,(H2,8,9). The first-order chi connectivity index (χ1) is 4.54. The maximum atomic E-state index is 10.4. The molecule has 1 amide bonds. The molecular weight excluding hydrogens is 145 g/mol. The molecule has 0 saturated heterocycles. The summed E-state index contributed by atoms with van der Waals surface area (Å²) in [6.45, 7) is 7.79. The molecule has 0 heterocycles. The van der Waals surface area contributed by atoms with Crippen LogP contribution in [-0.2, 0) is 4.79 Å². The highest BCUT2D eigenvalue weighted by molar-refractivity contribution is 7.44. The van der Waals surface area contributed by atoms with Crippen LogP contribution in [0.1, 0.15) is 13.8 Å². The zero-order chi connectivity index (χ0) is 8.15. The topological polar surface area (TPSA) is 43.1 Å². The molecule has 0 aromatic heterocycles. The molecule has 0 bridgehead atoms. The van der Waals surface area contributed by atoms with Crippen LogP contribution in [0.2, 0.25) is 0 Å². The molecular formula is C7H14NOP. The molecule has 0 spiro atoms. The maximum Gasteiger partial charge on any atom is 0.248 e. The summed E-state index contributed by atoms with van der Waals surface area (Å²) in [4.78, 5) is 10.4. The van der Waals surface area contributed by atoms with E-state index in [0.29, 0.717) is 19.8 Å². The molecule has 0 aliphatic carbocycles. The minimum atomic E-state index is -0.362. The normalized spacial score (nSPS) is 11.1. The van der Waals surface area contributed by atoms with Gasteiger partial charge >= 0.3 is 0 Å². The summed E-state index contributed by atoms with van der Waals surface area (Å²) in [6.07, 6.45) is 1.02. The minimum absolute atomic E-state index is 0.362. The number of primary amides is 1. The Labute approximate surface area is 63.7 Å². The van der Waals surface area contributed by atoms with Crippen molar-refractivity contribution in [3.8, 4) is 0 Å². The van der Waals surface area contributed by atoms with E-state index in [9.17, 15) is 4.79 Å². The van der Waals surface area contributed by atoms with Crippen LogP contribution in [0.5, 0.6) is 0 Å². The average molecular weight is 159 g/mol. The number of hydrogen-bond acceptors (Lipinski definition) is 1. The van der Waals surface area contributed by atoms with Crippen LogP contribution in [0.3, 0.4) is 0 Å². The van der Waals surface area contributed by atoms with E-state index in [1.165, 1.54) is 0 Å². The van der Waals surface area contributed by atoms with E-state index in [2.05, 4.69) is 20.4 Å². The third-order valence-corrected chi connectivity index (χ3v) is 2.71. The monoisotopic (exact) mass is 159 g/mol. The van der Waals surface area contributed by atoms with Gasteiger partial charge in [0.2, 0.25) is 5.91 Å². The first kappa shape index (κ1) is 9.64. The molecule has 0 fully saturated rings. The quantitative estimate of drug-likeness (QED) is 0.488. The number of amides is 1. The fourth-order valence-corrected chi connectivity index (χ4v) is 1.24. The van der Waals surface area contributed by atoms with E-state index in [0.717, 1.165) is 6.16 Å². The van der Waals surface area contributed by atoms with Crippen molar-refractivity contribution in [2.75, 3.05) is 6.16 Å². The van der Waals surface area contributed by atoms with E-state index in [-0.39, 0.29) is 5.91 Å². The largest absolute Gasteiger partial charge is 0.366 e. The second kappa shape index (κ2) is 4.45. The summed E-state index contributed by atoms with van der Waals surface area (Å²) in [5.74, 6) is 0.258. The molecule has 2 N–H and O–H groups in total.